The number of aromatic nitrogens is 1. The highest BCUT2D eigenvalue weighted by molar-refractivity contribution is 5.97. The van der Waals surface area contributed by atoms with E-state index in [4.69, 9.17) is 11.5 Å². The Bertz CT molecular complexity index is 900. The molecule has 0 bridgehead atoms. The Morgan fingerprint density at radius 2 is 1.96 bits per heavy atom. The minimum absolute atomic E-state index is 0.0507. The topological polar surface area (TPSA) is 136 Å². The van der Waals surface area contributed by atoms with Crippen molar-refractivity contribution < 1.29 is 9.90 Å². The van der Waals surface area contributed by atoms with Crippen molar-refractivity contribution in [2.24, 2.45) is 16.0 Å². The summed E-state index contributed by atoms with van der Waals surface area (Å²) < 4.78 is 1.02. The van der Waals surface area contributed by atoms with Gasteiger partial charge in [-0.25, -0.2) is 0 Å². The Hall–Kier alpha value is -3.16. The molecule has 2 aromatic rings. The highest BCUT2D eigenvalue weighted by Gasteiger charge is 2.21. The molecular formula is C16H19N5O3. The average molecular weight is 329 g/mol. The van der Waals surface area contributed by atoms with Crippen LogP contribution in [-0.2, 0) is 6.54 Å². The summed E-state index contributed by atoms with van der Waals surface area (Å²) in [6.45, 7) is 5.13. The van der Waals surface area contributed by atoms with Crippen molar-refractivity contribution in [3.8, 4) is 5.88 Å². The van der Waals surface area contributed by atoms with Crippen LogP contribution in [-0.4, -0.2) is 15.6 Å². The van der Waals surface area contributed by atoms with Crippen molar-refractivity contribution in [2.45, 2.75) is 27.3 Å². The molecule has 0 saturated heterocycles. The van der Waals surface area contributed by atoms with Crippen LogP contribution in [0.1, 0.15) is 28.4 Å². The van der Waals surface area contributed by atoms with Crippen LogP contribution in [0, 0.1) is 13.8 Å². The lowest BCUT2D eigenvalue weighted by Gasteiger charge is -2.13. The van der Waals surface area contributed by atoms with Gasteiger partial charge in [0, 0.05) is 17.8 Å². The predicted octanol–water partition coefficient (Wildman–Crippen LogP) is 2.29. The van der Waals surface area contributed by atoms with Gasteiger partial charge in [-0.3, -0.25) is 14.2 Å². The van der Waals surface area contributed by atoms with Gasteiger partial charge in [-0.1, -0.05) is 6.07 Å². The first kappa shape index (κ1) is 17.2. The number of nitrogen functional groups attached to an aromatic ring is 1. The van der Waals surface area contributed by atoms with Gasteiger partial charge in [0.25, 0.3) is 11.5 Å². The number of aromatic hydroxyl groups is 1. The van der Waals surface area contributed by atoms with E-state index in [1.165, 1.54) is 6.92 Å². The first-order valence-electron chi connectivity index (χ1n) is 7.32. The Morgan fingerprint density at radius 1 is 1.29 bits per heavy atom. The molecular weight excluding hydrogens is 310 g/mol. The number of pyridine rings is 1. The zero-order chi connectivity index (χ0) is 18.0. The van der Waals surface area contributed by atoms with Gasteiger partial charge in [0.15, 0.2) is 5.69 Å². The Labute approximate surface area is 138 Å². The van der Waals surface area contributed by atoms with Crippen LogP contribution < -0.4 is 17.0 Å². The summed E-state index contributed by atoms with van der Waals surface area (Å²) in [6, 6.07) is 5.14. The fraction of sp³-hybridized carbons (Fsp3) is 0.250. The van der Waals surface area contributed by atoms with E-state index in [9.17, 15) is 14.7 Å². The zero-order valence-corrected chi connectivity index (χ0v) is 13.7. The summed E-state index contributed by atoms with van der Waals surface area (Å²) in [6.07, 6.45) is 0. The number of benzene rings is 1. The van der Waals surface area contributed by atoms with Gasteiger partial charge in [-0.05, 0) is 38.5 Å². The summed E-state index contributed by atoms with van der Waals surface area (Å²) in [5.41, 5.74) is 12.3. The van der Waals surface area contributed by atoms with E-state index in [1.54, 1.807) is 25.1 Å². The zero-order valence-electron chi connectivity index (χ0n) is 13.7. The van der Waals surface area contributed by atoms with Crippen LogP contribution in [0.4, 0.5) is 17.1 Å². The number of nitrogens with zero attached hydrogens (tertiary/aromatic N) is 3. The normalized spacial score (nSPS) is 11.1. The lowest BCUT2D eigenvalue weighted by molar-refractivity contribution is 0.0995. The molecule has 1 aromatic carbocycles. The maximum absolute atomic E-state index is 12.5. The molecule has 0 aliphatic carbocycles. The van der Waals surface area contributed by atoms with Gasteiger partial charge < -0.3 is 16.6 Å². The minimum Gasteiger partial charge on any atom is -0.494 e. The number of azo groups is 1. The maximum atomic E-state index is 12.5. The second-order valence-corrected chi connectivity index (χ2v) is 5.33. The van der Waals surface area contributed by atoms with Gasteiger partial charge in [0.1, 0.15) is 5.56 Å². The van der Waals surface area contributed by atoms with Crippen molar-refractivity contribution in [2.75, 3.05) is 5.73 Å². The third-order valence-corrected chi connectivity index (χ3v) is 3.71. The number of aryl methyl sites for hydroxylation is 1. The molecule has 8 nitrogen and oxygen atoms in total. The van der Waals surface area contributed by atoms with Crippen LogP contribution in [0.25, 0.3) is 0 Å². The number of rotatable bonds is 4. The Balaban J connectivity index is 2.68. The fourth-order valence-corrected chi connectivity index (χ4v) is 2.35. The summed E-state index contributed by atoms with van der Waals surface area (Å²) in [5.74, 6) is -1.31. The molecule has 8 heteroatoms. The third-order valence-electron chi connectivity index (χ3n) is 3.71. The molecule has 24 heavy (non-hydrogen) atoms. The molecule has 0 aliphatic rings. The van der Waals surface area contributed by atoms with Crippen molar-refractivity contribution in [3.63, 3.8) is 0 Å². The molecule has 0 aliphatic heterocycles. The molecule has 2 rings (SSSR count). The van der Waals surface area contributed by atoms with E-state index in [1.807, 2.05) is 6.92 Å². The largest absolute Gasteiger partial charge is 0.494 e. The van der Waals surface area contributed by atoms with Crippen molar-refractivity contribution in [1.29, 1.82) is 0 Å². The SMILES string of the molecule is CCn1c(O)c(C(N)=O)c(C)c(N=Nc2cc(N)ccc2C)c1=O. The number of nitrogens with two attached hydrogens (primary N) is 2. The number of amides is 1. The number of carbonyl (C=O) groups excluding carboxylic acids is 1. The Morgan fingerprint density at radius 3 is 2.54 bits per heavy atom. The van der Waals surface area contributed by atoms with E-state index >= 15 is 0 Å². The number of anilines is 1. The lowest BCUT2D eigenvalue weighted by atomic mass is 10.1. The van der Waals surface area contributed by atoms with Gasteiger partial charge in [0.05, 0.1) is 5.69 Å². The van der Waals surface area contributed by atoms with Crippen molar-refractivity contribution in [1.82, 2.24) is 4.57 Å². The lowest BCUT2D eigenvalue weighted by Crippen LogP contribution is -2.25. The standard InChI is InChI=1S/C16H19N5O3/c1-4-21-15(23)12(14(18)22)9(3)13(16(21)24)20-19-11-7-10(17)6-5-8(11)2/h5-7,23H,4,17H2,1-3H3,(H2,18,22). The van der Waals surface area contributed by atoms with E-state index in [0.717, 1.165) is 10.1 Å². The smallest absolute Gasteiger partial charge is 0.281 e. The number of hydrogen-bond acceptors (Lipinski definition) is 6. The molecule has 0 radical (unpaired) electrons. The molecule has 0 spiro atoms. The van der Waals surface area contributed by atoms with E-state index in [2.05, 4.69) is 10.2 Å². The fourth-order valence-electron chi connectivity index (χ4n) is 2.35. The van der Waals surface area contributed by atoms with Crippen molar-refractivity contribution in [3.05, 3.63) is 45.2 Å². The highest BCUT2D eigenvalue weighted by atomic mass is 16.3. The molecule has 5 N–H and O–H groups in total. The van der Waals surface area contributed by atoms with Gasteiger partial charge in [-0.15, -0.1) is 5.11 Å². The van der Waals surface area contributed by atoms with Gasteiger partial charge in [-0.2, -0.15) is 5.11 Å². The molecule has 126 valence electrons. The number of primary amides is 1. The first-order chi connectivity index (χ1) is 11.3. The first-order valence-corrected chi connectivity index (χ1v) is 7.32. The summed E-state index contributed by atoms with van der Waals surface area (Å²) >= 11 is 0. The van der Waals surface area contributed by atoms with E-state index in [0.29, 0.717) is 11.4 Å². The van der Waals surface area contributed by atoms with Crippen LogP contribution in [0.3, 0.4) is 0 Å². The quantitative estimate of drug-likeness (QED) is 0.585. The van der Waals surface area contributed by atoms with E-state index in [-0.39, 0.29) is 23.4 Å². The molecule has 1 amide bonds. The highest BCUT2D eigenvalue weighted by Crippen LogP contribution is 2.28. The number of hydrogen-bond donors (Lipinski definition) is 3. The van der Waals surface area contributed by atoms with Crippen molar-refractivity contribution >= 4 is 23.0 Å². The monoisotopic (exact) mass is 329 g/mol. The second-order valence-electron chi connectivity index (χ2n) is 5.33. The molecule has 0 saturated carbocycles. The van der Waals surface area contributed by atoms with Gasteiger partial charge >= 0.3 is 0 Å². The summed E-state index contributed by atoms with van der Waals surface area (Å²) in [5, 5.41) is 18.1. The third kappa shape index (κ3) is 2.98. The molecule has 0 unspecified atom stereocenters. The van der Waals surface area contributed by atoms with Crippen LogP contribution in [0.2, 0.25) is 0 Å². The predicted molar refractivity (Wildman–Crippen MR) is 91.1 cm³/mol. The number of carbonyl (C=O) groups is 1. The average Bonchev–Trinajstić information content (AvgIpc) is 2.50. The van der Waals surface area contributed by atoms with Gasteiger partial charge in [0.2, 0.25) is 5.88 Å². The molecule has 1 aromatic heterocycles. The van der Waals surface area contributed by atoms with E-state index < -0.39 is 17.3 Å². The molecule has 1 heterocycles. The minimum atomic E-state index is -0.844. The summed E-state index contributed by atoms with van der Waals surface area (Å²) in [7, 11) is 0. The van der Waals surface area contributed by atoms with Crippen LogP contribution in [0.15, 0.2) is 33.2 Å². The van der Waals surface area contributed by atoms with Crippen LogP contribution >= 0.6 is 0 Å². The summed E-state index contributed by atoms with van der Waals surface area (Å²) in [4.78, 5) is 24.1. The van der Waals surface area contributed by atoms with Crippen LogP contribution in [0.5, 0.6) is 5.88 Å². The molecule has 0 atom stereocenters. The Kier molecular flexibility index (Phi) is 4.68. The maximum Gasteiger partial charge on any atom is 0.281 e. The second kappa shape index (κ2) is 6.53. The molecule has 0 fully saturated rings.